The van der Waals surface area contributed by atoms with Crippen LogP contribution in [0.4, 0.5) is 0 Å². The van der Waals surface area contributed by atoms with Crippen molar-refractivity contribution in [3.05, 3.63) is 0 Å². The highest BCUT2D eigenvalue weighted by Crippen LogP contribution is 2.45. The van der Waals surface area contributed by atoms with Crippen LogP contribution in [0.3, 0.4) is 0 Å². The zero-order chi connectivity index (χ0) is 15.9. The molecule has 0 amide bonds. The van der Waals surface area contributed by atoms with E-state index in [0.29, 0.717) is 0 Å². The maximum Gasteiger partial charge on any atom is 0.470 e. The van der Waals surface area contributed by atoms with Gasteiger partial charge in [-0.25, -0.2) is 9.13 Å². The van der Waals surface area contributed by atoms with Crippen molar-refractivity contribution in [2.45, 2.75) is 36.6 Å². The lowest BCUT2D eigenvalue weighted by molar-refractivity contribution is -0.215. The van der Waals surface area contributed by atoms with E-state index in [4.69, 9.17) is 19.6 Å². The molecule has 14 heteroatoms. The average molecular weight is 340 g/mol. The number of aliphatic hydroxyl groups is 4. The molecule has 12 nitrogen and oxygen atoms in total. The second-order valence-electron chi connectivity index (χ2n) is 4.08. The number of phosphoric ester groups is 2. The largest absolute Gasteiger partial charge is 0.470 e. The van der Waals surface area contributed by atoms with Crippen LogP contribution in [0, 0.1) is 0 Å². The Morgan fingerprint density at radius 3 is 0.950 bits per heavy atom. The van der Waals surface area contributed by atoms with Crippen LogP contribution in [-0.4, -0.2) is 76.6 Å². The summed E-state index contributed by atoms with van der Waals surface area (Å²) >= 11 is 0. The van der Waals surface area contributed by atoms with Gasteiger partial charge < -0.3 is 40.0 Å². The number of hydrogen-bond donors (Lipinski definition) is 8. The summed E-state index contributed by atoms with van der Waals surface area (Å²) in [5.74, 6) is 0. The lowest BCUT2D eigenvalue weighted by Crippen LogP contribution is -2.64. The molecule has 6 atom stereocenters. The van der Waals surface area contributed by atoms with Crippen LogP contribution in [0.2, 0.25) is 0 Å². The van der Waals surface area contributed by atoms with Crippen molar-refractivity contribution in [3.63, 3.8) is 0 Å². The first-order valence-electron chi connectivity index (χ1n) is 5.03. The first kappa shape index (κ1) is 18.1. The molecule has 0 aliphatic heterocycles. The number of hydrogen-bond acceptors (Lipinski definition) is 8. The van der Waals surface area contributed by atoms with E-state index in [-0.39, 0.29) is 0 Å². The van der Waals surface area contributed by atoms with Crippen molar-refractivity contribution < 1.29 is 58.2 Å². The van der Waals surface area contributed by atoms with Gasteiger partial charge >= 0.3 is 15.6 Å². The number of phosphoric acid groups is 2. The van der Waals surface area contributed by atoms with Gasteiger partial charge in [0.05, 0.1) is 0 Å². The molecular formula is C6H14O12P2. The summed E-state index contributed by atoms with van der Waals surface area (Å²) in [5.41, 5.74) is 0. The number of aliphatic hydroxyl groups excluding tert-OH is 4. The molecule has 0 aromatic carbocycles. The predicted octanol–water partition coefficient (Wildman–Crippen LogP) is -3.60. The average Bonchev–Trinajstić information content (AvgIpc) is 2.25. The Balaban J connectivity index is 2.96. The predicted molar refractivity (Wildman–Crippen MR) is 57.9 cm³/mol. The minimum absolute atomic E-state index is 2.09. The second kappa shape index (κ2) is 6.05. The maximum atomic E-state index is 10.6. The topological polar surface area (TPSA) is 214 Å². The number of rotatable bonds is 4. The van der Waals surface area contributed by atoms with E-state index in [0.717, 1.165) is 0 Å². The van der Waals surface area contributed by atoms with Crippen LogP contribution in [0.25, 0.3) is 0 Å². The van der Waals surface area contributed by atoms with E-state index < -0.39 is 52.3 Å². The van der Waals surface area contributed by atoms with Crippen LogP contribution in [0.5, 0.6) is 0 Å². The minimum atomic E-state index is -5.16. The van der Waals surface area contributed by atoms with Crippen molar-refractivity contribution in [1.29, 1.82) is 0 Å². The summed E-state index contributed by atoms with van der Waals surface area (Å²) in [6, 6.07) is 0. The fourth-order valence-corrected chi connectivity index (χ4v) is 2.88. The molecule has 0 aromatic heterocycles. The molecule has 0 radical (unpaired) electrons. The van der Waals surface area contributed by atoms with Crippen LogP contribution in [0.15, 0.2) is 0 Å². The van der Waals surface area contributed by atoms with Crippen LogP contribution < -0.4 is 0 Å². The third kappa shape index (κ3) is 4.53. The lowest BCUT2D eigenvalue weighted by Gasteiger charge is -2.42. The highest BCUT2D eigenvalue weighted by Gasteiger charge is 2.53. The third-order valence-corrected chi connectivity index (χ3v) is 3.60. The Hall–Kier alpha value is 0.0600. The van der Waals surface area contributed by atoms with Crippen molar-refractivity contribution in [3.8, 4) is 0 Å². The van der Waals surface area contributed by atoms with E-state index in [9.17, 15) is 29.6 Å². The summed E-state index contributed by atoms with van der Waals surface area (Å²) in [6.45, 7) is 0. The standard InChI is InChI=1S/C6H14O12P2/c7-1-2(8)6(18-20(14,15)16)4(10)3(9)5(1)17-19(11,12)13/h1-10H,(H2,11,12,13)(H2,14,15,16)/t1-,2?,3?,4?,5?,6?/m1/s1. The van der Waals surface area contributed by atoms with Crippen molar-refractivity contribution in [2.75, 3.05) is 0 Å². The van der Waals surface area contributed by atoms with Crippen LogP contribution in [0.1, 0.15) is 0 Å². The molecule has 8 N–H and O–H groups in total. The molecule has 0 aromatic rings. The van der Waals surface area contributed by atoms with E-state index in [2.05, 4.69) is 9.05 Å². The van der Waals surface area contributed by atoms with Gasteiger partial charge in [0.1, 0.15) is 36.6 Å². The van der Waals surface area contributed by atoms with Gasteiger partial charge in [0.25, 0.3) is 0 Å². The molecule has 1 rings (SSSR count). The minimum Gasteiger partial charge on any atom is -0.387 e. The Morgan fingerprint density at radius 2 is 0.800 bits per heavy atom. The molecule has 120 valence electrons. The zero-order valence-electron chi connectivity index (χ0n) is 9.57. The van der Waals surface area contributed by atoms with Gasteiger partial charge in [-0.2, -0.15) is 0 Å². The van der Waals surface area contributed by atoms with Crippen LogP contribution >= 0.6 is 15.6 Å². The first-order valence-corrected chi connectivity index (χ1v) is 8.10. The van der Waals surface area contributed by atoms with Gasteiger partial charge in [-0.15, -0.1) is 0 Å². The summed E-state index contributed by atoms with van der Waals surface area (Å²) in [5, 5.41) is 38.1. The van der Waals surface area contributed by atoms with Crippen molar-refractivity contribution in [2.24, 2.45) is 0 Å². The van der Waals surface area contributed by atoms with Crippen molar-refractivity contribution >= 4 is 15.6 Å². The van der Waals surface area contributed by atoms with Gasteiger partial charge in [0.15, 0.2) is 0 Å². The summed E-state index contributed by atoms with van der Waals surface area (Å²) < 4.78 is 29.3. The molecule has 1 fully saturated rings. The van der Waals surface area contributed by atoms with Gasteiger partial charge in [-0.05, 0) is 0 Å². The zero-order valence-corrected chi connectivity index (χ0v) is 11.4. The Kier molecular flexibility index (Phi) is 5.48. The third-order valence-electron chi connectivity index (χ3n) is 2.56. The second-order valence-corrected chi connectivity index (χ2v) is 6.47. The molecule has 0 heterocycles. The molecule has 20 heavy (non-hydrogen) atoms. The molecule has 0 spiro atoms. The Morgan fingerprint density at radius 1 is 0.600 bits per heavy atom. The normalized spacial score (nSPS) is 39.8. The Bertz CT molecular complexity index is 372. The molecule has 0 bridgehead atoms. The lowest BCUT2D eigenvalue weighted by atomic mass is 9.85. The SMILES string of the molecule is O=P(O)(O)OC1C(O)C(O)C(OP(=O)(O)O)[C@H](O)C1O. The molecule has 1 aliphatic carbocycles. The summed E-state index contributed by atoms with van der Waals surface area (Å²) in [4.78, 5) is 34.3. The Labute approximate surface area is 111 Å². The van der Waals surface area contributed by atoms with Gasteiger partial charge in [-0.1, -0.05) is 0 Å². The van der Waals surface area contributed by atoms with Crippen LogP contribution in [-0.2, 0) is 18.2 Å². The summed E-state index contributed by atoms with van der Waals surface area (Å²) in [7, 11) is -10.3. The van der Waals surface area contributed by atoms with Gasteiger partial charge in [-0.3, -0.25) is 9.05 Å². The van der Waals surface area contributed by atoms with E-state index in [1.165, 1.54) is 0 Å². The molecule has 1 aliphatic rings. The fourth-order valence-electron chi connectivity index (χ4n) is 1.75. The highest BCUT2D eigenvalue weighted by molar-refractivity contribution is 7.46. The molecule has 5 unspecified atom stereocenters. The van der Waals surface area contributed by atoms with E-state index >= 15 is 0 Å². The van der Waals surface area contributed by atoms with E-state index in [1.54, 1.807) is 0 Å². The van der Waals surface area contributed by atoms with Gasteiger partial charge in [0.2, 0.25) is 0 Å². The quantitative estimate of drug-likeness (QED) is 0.233. The molecular weight excluding hydrogens is 326 g/mol. The maximum absolute atomic E-state index is 10.6. The smallest absolute Gasteiger partial charge is 0.387 e. The summed E-state index contributed by atoms with van der Waals surface area (Å²) in [6.07, 6.45) is -12.8. The monoisotopic (exact) mass is 340 g/mol. The van der Waals surface area contributed by atoms with Crippen molar-refractivity contribution in [1.82, 2.24) is 0 Å². The molecule has 0 saturated heterocycles. The first-order chi connectivity index (χ1) is 8.83. The highest BCUT2D eigenvalue weighted by atomic mass is 31.2. The molecule has 1 saturated carbocycles. The van der Waals surface area contributed by atoms with E-state index in [1.807, 2.05) is 0 Å². The fraction of sp³-hybridized carbons (Fsp3) is 1.00. The van der Waals surface area contributed by atoms with Gasteiger partial charge in [0, 0.05) is 0 Å².